The minimum absolute atomic E-state index is 0.395. The van der Waals surface area contributed by atoms with Crippen LogP contribution >= 0.6 is 0 Å². The van der Waals surface area contributed by atoms with E-state index in [0.717, 1.165) is 11.1 Å². The molecule has 1 aromatic rings. The zero-order chi connectivity index (χ0) is 8.43. The summed E-state index contributed by atoms with van der Waals surface area (Å²) in [6.07, 6.45) is 0. The monoisotopic (exact) mass is 149 g/mol. The topological polar surface area (TPSA) is 51.6 Å². The lowest BCUT2D eigenvalue weighted by molar-refractivity contribution is -0.114. The Morgan fingerprint density at radius 2 is 2.00 bits per heavy atom. The van der Waals surface area contributed by atoms with E-state index in [-0.39, 0.29) is 0 Å². The van der Waals surface area contributed by atoms with E-state index in [1.165, 1.54) is 5.56 Å². The molecule has 2 heteroatoms. The minimum Gasteiger partial charge on any atom is -0.287 e. The third kappa shape index (κ3) is 1.58. The molecule has 0 unspecified atom stereocenters. The molecule has 0 spiro atoms. The zero-order valence-corrected chi connectivity index (χ0v) is 6.89. The van der Waals surface area contributed by atoms with Crippen molar-refractivity contribution in [3.05, 3.63) is 34.9 Å². The molecule has 11 heavy (non-hydrogen) atoms. The van der Waals surface area contributed by atoms with E-state index >= 15 is 0 Å². The van der Waals surface area contributed by atoms with Crippen molar-refractivity contribution >= 4 is 5.84 Å². The van der Waals surface area contributed by atoms with Crippen molar-refractivity contribution in [3.63, 3.8) is 0 Å². The molecule has 2 nitrogen and oxygen atoms in total. The quantitative estimate of drug-likeness (QED) is 0.420. The maximum Gasteiger partial charge on any atom is 0.270 e. The summed E-state index contributed by atoms with van der Waals surface area (Å²) in [4.78, 5) is 0. The summed E-state index contributed by atoms with van der Waals surface area (Å²) >= 11 is 0. The average Bonchev–Trinajstić information content (AvgIpc) is 1.94. The van der Waals surface area contributed by atoms with Crippen molar-refractivity contribution in [2.75, 3.05) is 0 Å². The molecular weight excluding hydrogens is 136 g/mol. The highest BCUT2D eigenvalue weighted by Gasteiger charge is 2.04. The first-order chi connectivity index (χ1) is 5.11. The number of amidine groups is 1. The van der Waals surface area contributed by atoms with Crippen molar-refractivity contribution in [1.29, 1.82) is 0 Å². The normalized spacial score (nSPS) is 9.64. The highest BCUT2D eigenvalue weighted by atomic mass is 14.7. The molecule has 0 bridgehead atoms. The van der Waals surface area contributed by atoms with E-state index in [2.05, 4.69) is 0 Å². The third-order valence-electron chi connectivity index (χ3n) is 1.70. The molecule has 1 rings (SSSR count). The van der Waals surface area contributed by atoms with Crippen LogP contribution in [-0.4, -0.2) is 5.84 Å². The van der Waals surface area contributed by atoms with E-state index in [1.807, 2.05) is 32.0 Å². The van der Waals surface area contributed by atoms with Crippen LogP contribution < -0.4 is 11.1 Å². The van der Waals surface area contributed by atoms with Crippen LogP contribution in [0.5, 0.6) is 0 Å². The maximum absolute atomic E-state index is 5.48. The average molecular weight is 149 g/mol. The molecule has 0 atom stereocenters. The number of hydrogen-bond acceptors (Lipinski definition) is 0. The van der Waals surface area contributed by atoms with Crippen LogP contribution in [0.2, 0.25) is 0 Å². The van der Waals surface area contributed by atoms with Gasteiger partial charge in [0.15, 0.2) is 0 Å². The second kappa shape index (κ2) is 2.74. The summed E-state index contributed by atoms with van der Waals surface area (Å²) < 4.78 is 0. The van der Waals surface area contributed by atoms with Crippen LogP contribution in [0.15, 0.2) is 18.2 Å². The lowest BCUT2D eigenvalue weighted by Crippen LogP contribution is -2.46. The Labute approximate surface area is 66.6 Å². The first-order valence-corrected chi connectivity index (χ1v) is 3.57. The highest BCUT2D eigenvalue weighted by Crippen LogP contribution is 2.08. The molecule has 4 N–H and O–H groups in total. The van der Waals surface area contributed by atoms with Crippen molar-refractivity contribution in [2.45, 2.75) is 13.8 Å². The SMILES string of the molecule is Cc1ccc(C)c(C(N)=[NH2+])c1. The molecular formula is C9H13N2+. The van der Waals surface area contributed by atoms with E-state index in [1.54, 1.807) is 0 Å². The summed E-state index contributed by atoms with van der Waals surface area (Å²) in [6.45, 7) is 4.01. The predicted molar refractivity (Wildman–Crippen MR) is 46.1 cm³/mol. The van der Waals surface area contributed by atoms with Gasteiger partial charge in [0, 0.05) is 0 Å². The molecule has 0 aliphatic heterocycles. The molecule has 0 saturated carbocycles. The Morgan fingerprint density at radius 3 is 2.45 bits per heavy atom. The zero-order valence-electron chi connectivity index (χ0n) is 6.89. The van der Waals surface area contributed by atoms with Crippen molar-refractivity contribution < 1.29 is 5.41 Å². The van der Waals surface area contributed by atoms with Gasteiger partial charge >= 0.3 is 0 Å². The maximum atomic E-state index is 5.48. The number of rotatable bonds is 1. The van der Waals surface area contributed by atoms with Crippen LogP contribution in [-0.2, 0) is 0 Å². The van der Waals surface area contributed by atoms with Crippen molar-refractivity contribution in [1.82, 2.24) is 0 Å². The predicted octanol–water partition coefficient (Wildman–Crippen LogP) is -0.232. The third-order valence-corrected chi connectivity index (χ3v) is 1.70. The fourth-order valence-electron chi connectivity index (χ4n) is 1.05. The summed E-state index contributed by atoms with van der Waals surface area (Å²) in [6, 6.07) is 6.05. The largest absolute Gasteiger partial charge is 0.287 e. The Bertz CT molecular complexity index is 290. The molecule has 0 saturated heterocycles. The van der Waals surface area contributed by atoms with Gasteiger partial charge in [0.2, 0.25) is 0 Å². The Balaban J connectivity index is 3.23. The van der Waals surface area contributed by atoms with Gasteiger partial charge < -0.3 is 0 Å². The molecule has 0 aliphatic carbocycles. The molecule has 0 aromatic heterocycles. The van der Waals surface area contributed by atoms with Crippen molar-refractivity contribution in [2.24, 2.45) is 5.73 Å². The smallest absolute Gasteiger partial charge is 0.270 e. The molecule has 0 aliphatic rings. The van der Waals surface area contributed by atoms with Crippen molar-refractivity contribution in [3.8, 4) is 0 Å². The lowest BCUT2D eigenvalue weighted by Gasteiger charge is -2.00. The molecule has 0 heterocycles. The summed E-state index contributed by atoms with van der Waals surface area (Å²) in [5, 5.41) is 5.48. The van der Waals surface area contributed by atoms with Gasteiger partial charge in [-0.3, -0.25) is 11.1 Å². The van der Waals surface area contributed by atoms with Gasteiger partial charge in [-0.1, -0.05) is 17.7 Å². The Kier molecular flexibility index (Phi) is 1.94. The lowest BCUT2D eigenvalue weighted by atomic mass is 10.1. The standard InChI is InChI=1S/C9H12N2/c1-6-3-4-7(2)8(5-6)9(10)11/h3-5H,1-2H3,(H3,10,11)/p+1. The van der Waals surface area contributed by atoms with Gasteiger partial charge in [-0.15, -0.1) is 0 Å². The van der Waals surface area contributed by atoms with Crippen LogP contribution in [0.3, 0.4) is 0 Å². The first kappa shape index (κ1) is 7.79. The van der Waals surface area contributed by atoms with Gasteiger partial charge in [-0.05, 0) is 25.5 Å². The van der Waals surface area contributed by atoms with E-state index in [4.69, 9.17) is 11.1 Å². The summed E-state index contributed by atoms with van der Waals surface area (Å²) in [5.41, 5.74) is 8.73. The van der Waals surface area contributed by atoms with Gasteiger partial charge in [0.25, 0.3) is 5.84 Å². The second-order valence-corrected chi connectivity index (χ2v) is 2.77. The second-order valence-electron chi connectivity index (χ2n) is 2.77. The Hall–Kier alpha value is -1.31. The highest BCUT2D eigenvalue weighted by molar-refractivity contribution is 5.94. The Morgan fingerprint density at radius 1 is 1.36 bits per heavy atom. The van der Waals surface area contributed by atoms with E-state index in [9.17, 15) is 0 Å². The summed E-state index contributed by atoms with van der Waals surface area (Å²) in [5.74, 6) is 0.395. The number of aryl methyl sites for hydroxylation is 2. The van der Waals surface area contributed by atoms with Gasteiger partial charge in [-0.2, -0.15) is 0 Å². The molecule has 1 aromatic carbocycles. The number of hydrogen-bond donors (Lipinski definition) is 2. The van der Waals surface area contributed by atoms with Gasteiger partial charge in [0.05, 0.1) is 5.56 Å². The first-order valence-electron chi connectivity index (χ1n) is 3.57. The van der Waals surface area contributed by atoms with Crippen LogP contribution in [0.4, 0.5) is 0 Å². The number of nitrogens with two attached hydrogens (primary N) is 2. The van der Waals surface area contributed by atoms with Gasteiger partial charge in [-0.25, -0.2) is 0 Å². The van der Waals surface area contributed by atoms with Crippen LogP contribution in [0.1, 0.15) is 16.7 Å². The van der Waals surface area contributed by atoms with E-state index in [0.29, 0.717) is 5.84 Å². The fourth-order valence-corrected chi connectivity index (χ4v) is 1.05. The molecule has 0 amide bonds. The molecule has 58 valence electrons. The fraction of sp³-hybridized carbons (Fsp3) is 0.222. The van der Waals surface area contributed by atoms with E-state index < -0.39 is 0 Å². The van der Waals surface area contributed by atoms with Crippen LogP contribution in [0.25, 0.3) is 0 Å². The molecule has 0 fully saturated rings. The van der Waals surface area contributed by atoms with Gasteiger partial charge in [0.1, 0.15) is 0 Å². The van der Waals surface area contributed by atoms with Crippen LogP contribution in [0, 0.1) is 13.8 Å². The molecule has 0 radical (unpaired) electrons. The number of benzene rings is 1. The minimum atomic E-state index is 0.395. The summed E-state index contributed by atoms with van der Waals surface area (Å²) in [7, 11) is 0.